The Bertz CT molecular complexity index is 982. The van der Waals surface area contributed by atoms with Crippen LogP contribution in [0.2, 0.25) is 5.02 Å². The second-order valence-electron chi connectivity index (χ2n) is 6.34. The van der Waals surface area contributed by atoms with Gasteiger partial charge in [-0.2, -0.15) is 0 Å². The third-order valence-electron chi connectivity index (χ3n) is 4.52. The highest BCUT2D eigenvalue weighted by molar-refractivity contribution is 7.99. The highest BCUT2D eigenvalue weighted by Crippen LogP contribution is 2.46. The van der Waals surface area contributed by atoms with Gasteiger partial charge >= 0.3 is 0 Å². The molecular weight excluding hydrogens is 365 g/mol. The quantitative estimate of drug-likeness (QED) is 0.459. The maximum atomic E-state index is 13.6. The molecule has 1 aliphatic rings. The summed E-state index contributed by atoms with van der Waals surface area (Å²) in [6.45, 7) is 1.97. The lowest BCUT2D eigenvalue weighted by Crippen LogP contribution is -2.06. The third kappa shape index (κ3) is 3.55. The highest BCUT2D eigenvalue weighted by Gasteiger charge is 2.23. The number of benzene rings is 3. The Morgan fingerprint density at radius 3 is 2.58 bits per heavy atom. The van der Waals surface area contributed by atoms with Gasteiger partial charge in [0.1, 0.15) is 5.82 Å². The molecule has 0 amide bonds. The molecule has 0 radical (unpaired) electrons. The zero-order valence-corrected chi connectivity index (χ0v) is 15.8. The predicted octanol–water partition coefficient (Wildman–Crippen LogP) is 7.15. The van der Waals surface area contributed by atoms with Crippen molar-refractivity contribution in [2.75, 3.05) is 0 Å². The van der Waals surface area contributed by atoms with Crippen molar-refractivity contribution in [1.29, 1.82) is 0 Å². The molecule has 0 fully saturated rings. The number of halogens is 2. The molecule has 0 aromatic heterocycles. The Hall–Kier alpha value is -2.10. The van der Waals surface area contributed by atoms with Crippen LogP contribution in [0.4, 0.5) is 10.1 Å². The zero-order valence-electron chi connectivity index (χ0n) is 14.2. The number of fused-ring (bicyclic) bond motifs is 1. The van der Waals surface area contributed by atoms with Gasteiger partial charge in [-0.25, -0.2) is 4.39 Å². The number of aliphatic imine (C=N–C) groups is 1. The number of hydrogen-bond acceptors (Lipinski definition) is 2. The first kappa shape index (κ1) is 17.3. The average Bonchev–Trinajstić information content (AvgIpc) is 2.82. The van der Waals surface area contributed by atoms with Gasteiger partial charge in [0.15, 0.2) is 0 Å². The largest absolute Gasteiger partial charge is 0.252 e. The Balaban J connectivity index is 1.81. The van der Waals surface area contributed by atoms with Gasteiger partial charge in [0.2, 0.25) is 0 Å². The summed E-state index contributed by atoms with van der Waals surface area (Å²) < 4.78 is 13.6. The van der Waals surface area contributed by atoms with Crippen LogP contribution in [0.15, 0.2) is 76.6 Å². The van der Waals surface area contributed by atoms with Crippen molar-refractivity contribution in [2.24, 2.45) is 4.99 Å². The van der Waals surface area contributed by atoms with Gasteiger partial charge in [0.25, 0.3) is 0 Å². The first-order valence-electron chi connectivity index (χ1n) is 8.45. The minimum atomic E-state index is -0.197. The van der Waals surface area contributed by atoms with Gasteiger partial charge in [-0.3, -0.25) is 4.99 Å². The molecule has 4 rings (SSSR count). The molecule has 3 aromatic rings. The van der Waals surface area contributed by atoms with E-state index in [1.54, 1.807) is 23.9 Å². The molecule has 3 aromatic carbocycles. The van der Waals surface area contributed by atoms with E-state index >= 15 is 0 Å². The smallest absolute Gasteiger partial charge is 0.123 e. The summed E-state index contributed by atoms with van der Waals surface area (Å²) in [5, 5.41) is 0.886. The van der Waals surface area contributed by atoms with Crippen LogP contribution >= 0.6 is 23.4 Å². The molecule has 1 aliphatic heterocycles. The normalized spacial score (nSPS) is 16.6. The summed E-state index contributed by atoms with van der Waals surface area (Å²) in [5.74, 6) is -0.197. The van der Waals surface area contributed by atoms with Crippen LogP contribution in [0, 0.1) is 12.7 Å². The number of para-hydroxylation sites is 1. The fourth-order valence-corrected chi connectivity index (χ4v) is 4.67. The first-order chi connectivity index (χ1) is 12.6. The minimum absolute atomic E-state index is 0.175. The fourth-order valence-electron chi connectivity index (χ4n) is 3.21. The summed E-state index contributed by atoms with van der Waals surface area (Å²) in [5.41, 5.74) is 5.18. The monoisotopic (exact) mass is 381 g/mol. The lowest BCUT2D eigenvalue weighted by molar-refractivity contribution is 0.625. The number of nitrogens with zero attached hydrogens (tertiary/aromatic N) is 1. The number of thioether (sulfide) groups is 1. The second kappa shape index (κ2) is 7.26. The lowest BCUT2D eigenvalue weighted by atomic mass is 9.98. The molecular formula is C22H17ClFNS. The van der Waals surface area contributed by atoms with Gasteiger partial charge in [0.05, 0.1) is 5.69 Å². The van der Waals surface area contributed by atoms with Crippen LogP contribution in [0.5, 0.6) is 0 Å². The SMILES string of the molecule is Cc1cc(F)ccc1C1CC(c2ccc(Cl)cc2)=Nc2ccccc2S1. The standard InChI is InChI=1S/C22H17ClFNS/c1-14-12-17(24)10-11-18(14)22-13-20(15-6-8-16(23)9-7-15)25-19-4-2-3-5-21(19)26-22/h2-12,22H,13H2,1H3. The molecule has 0 aliphatic carbocycles. The maximum absolute atomic E-state index is 13.6. The van der Waals surface area contributed by atoms with Crippen LogP contribution in [0.1, 0.15) is 28.4 Å². The summed E-state index contributed by atoms with van der Waals surface area (Å²) in [6, 6.07) is 21.0. The molecule has 26 heavy (non-hydrogen) atoms. The lowest BCUT2D eigenvalue weighted by Gasteiger charge is -2.18. The van der Waals surface area contributed by atoms with E-state index in [4.69, 9.17) is 16.6 Å². The van der Waals surface area contributed by atoms with Crippen molar-refractivity contribution in [2.45, 2.75) is 23.5 Å². The van der Waals surface area contributed by atoms with Crippen molar-refractivity contribution in [1.82, 2.24) is 0 Å². The number of aryl methyl sites for hydroxylation is 1. The predicted molar refractivity (Wildman–Crippen MR) is 108 cm³/mol. The van der Waals surface area contributed by atoms with Crippen LogP contribution in [0.25, 0.3) is 0 Å². The molecule has 1 unspecified atom stereocenters. The van der Waals surface area contributed by atoms with E-state index in [1.807, 2.05) is 55.5 Å². The minimum Gasteiger partial charge on any atom is -0.252 e. The summed E-state index contributed by atoms with van der Waals surface area (Å²) in [7, 11) is 0. The Labute approximate surface area is 161 Å². The molecule has 1 atom stereocenters. The molecule has 0 saturated carbocycles. The van der Waals surface area contributed by atoms with Crippen LogP contribution in [0.3, 0.4) is 0 Å². The van der Waals surface area contributed by atoms with Crippen molar-refractivity contribution in [3.8, 4) is 0 Å². The van der Waals surface area contributed by atoms with Crippen LogP contribution in [-0.4, -0.2) is 5.71 Å². The van der Waals surface area contributed by atoms with E-state index in [0.717, 1.165) is 39.4 Å². The molecule has 1 nitrogen and oxygen atoms in total. The summed E-state index contributed by atoms with van der Waals surface area (Å²) in [4.78, 5) is 6.08. The van der Waals surface area contributed by atoms with E-state index in [1.165, 1.54) is 0 Å². The van der Waals surface area contributed by atoms with Gasteiger partial charge in [-0.15, -0.1) is 11.8 Å². The highest BCUT2D eigenvalue weighted by atomic mass is 35.5. The first-order valence-corrected chi connectivity index (χ1v) is 9.71. The van der Waals surface area contributed by atoms with Crippen molar-refractivity contribution < 1.29 is 4.39 Å². The zero-order chi connectivity index (χ0) is 18.1. The van der Waals surface area contributed by atoms with Crippen molar-refractivity contribution in [3.05, 3.63) is 94.3 Å². The summed E-state index contributed by atoms with van der Waals surface area (Å²) in [6.07, 6.45) is 0.771. The van der Waals surface area contributed by atoms with Crippen LogP contribution in [-0.2, 0) is 0 Å². The Morgan fingerprint density at radius 2 is 1.81 bits per heavy atom. The van der Waals surface area contributed by atoms with E-state index in [9.17, 15) is 4.39 Å². The molecule has 0 N–H and O–H groups in total. The van der Waals surface area contributed by atoms with E-state index in [2.05, 4.69) is 6.07 Å². The topological polar surface area (TPSA) is 12.4 Å². The van der Waals surface area contributed by atoms with Crippen molar-refractivity contribution >= 4 is 34.8 Å². The number of rotatable bonds is 2. The molecule has 0 saturated heterocycles. The molecule has 1 heterocycles. The van der Waals surface area contributed by atoms with Crippen LogP contribution < -0.4 is 0 Å². The van der Waals surface area contributed by atoms with Crippen molar-refractivity contribution in [3.63, 3.8) is 0 Å². The Kier molecular flexibility index (Phi) is 4.84. The van der Waals surface area contributed by atoms with Gasteiger partial charge in [-0.1, -0.05) is 41.9 Å². The molecule has 0 spiro atoms. The van der Waals surface area contributed by atoms with Gasteiger partial charge in [-0.05, 0) is 60.0 Å². The van der Waals surface area contributed by atoms with E-state index in [0.29, 0.717) is 5.02 Å². The second-order valence-corrected chi connectivity index (χ2v) is 8.03. The molecule has 4 heteroatoms. The Morgan fingerprint density at radius 1 is 1.04 bits per heavy atom. The van der Waals surface area contributed by atoms with E-state index in [-0.39, 0.29) is 11.1 Å². The third-order valence-corrected chi connectivity index (χ3v) is 6.08. The average molecular weight is 382 g/mol. The summed E-state index contributed by atoms with van der Waals surface area (Å²) >= 11 is 7.83. The maximum Gasteiger partial charge on any atom is 0.123 e. The fraction of sp³-hybridized carbons (Fsp3) is 0.136. The molecule has 0 bridgehead atoms. The number of hydrogen-bond donors (Lipinski definition) is 0. The van der Waals surface area contributed by atoms with Gasteiger partial charge in [0, 0.05) is 27.3 Å². The van der Waals surface area contributed by atoms with E-state index < -0.39 is 0 Å². The van der Waals surface area contributed by atoms with Gasteiger partial charge < -0.3 is 0 Å². The molecule has 130 valence electrons.